The molecule has 0 amide bonds. The lowest BCUT2D eigenvalue weighted by Gasteiger charge is -2.11. The van der Waals surface area contributed by atoms with Crippen LogP contribution in [0.15, 0.2) is 16.6 Å². The van der Waals surface area contributed by atoms with Crippen molar-refractivity contribution in [2.24, 2.45) is 0 Å². The van der Waals surface area contributed by atoms with E-state index < -0.39 is 10.9 Å². The number of carbonyl (C=O) groups excluding carboxylic acids is 1. The Balaban J connectivity index is 2.70. The molecule has 0 aliphatic carbocycles. The van der Waals surface area contributed by atoms with E-state index >= 15 is 0 Å². The molecule has 0 radical (unpaired) electrons. The topological polar surface area (TPSA) is 90.7 Å². The summed E-state index contributed by atoms with van der Waals surface area (Å²) in [7, 11) is 1.22. The predicted octanol–water partition coefficient (Wildman–Crippen LogP) is 3.28. The van der Waals surface area contributed by atoms with E-state index in [-0.39, 0.29) is 11.3 Å². The third kappa shape index (κ3) is 6.36. The van der Waals surface area contributed by atoms with Crippen molar-refractivity contribution in [1.29, 1.82) is 0 Å². The van der Waals surface area contributed by atoms with Crippen LogP contribution in [0.1, 0.15) is 23.2 Å². The first-order valence-corrected chi connectivity index (χ1v) is 8.42. The molecule has 0 aromatic heterocycles. The van der Waals surface area contributed by atoms with Crippen LogP contribution < -0.4 is 5.32 Å². The lowest BCUT2D eigenvalue weighted by molar-refractivity contribution is -0.384. The van der Waals surface area contributed by atoms with Gasteiger partial charge in [-0.3, -0.25) is 10.1 Å². The molecule has 0 heterocycles. The average Bonchev–Trinajstić information content (AvgIpc) is 2.53. The molecular weight excluding hydrogens is 388 g/mol. The van der Waals surface area contributed by atoms with Gasteiger partial charge in [0.15, 0.2) is 0 Å². The lowest BCUT2D eigenvalue weighted by atomic mass is 10.1. The van der Waals surface area contributed by atoms with Gasteiger partial charge in [-0.15, -0.1) is 0 Å². The summed E-state index contributed by atoms with van der Waals surface area (Å²) in [5, 5.41) is 14.2. The minimum atomic E-state index is -0.627. The molecule has 0 aliphatic rings. The van der Waals surface area contributed by atoms with Crippen molar-refractivity contribution >= 4 is 45.9 Å². The number of hydrogen-bond donors (Lipinski definition) is 2. The first-order valence-electron chi connectivity index (χ1n) is 7.00. The van der Waals surface area contributed by atoms with E-state index in [0.717, 1.165) is 12.2 Å². The number of nitrogens with one attached hydrogen (secondary N) is 1. The number of benzene rings is 1. The van der Waals surface area contributed by atoms with Gasteiger partial charge in [0, 0.05) is 30.3 Å². The molecule has 0 saturated carbocycles. The van der Waals surface area contributed by atoms with E-state index in [1.165, 1.54) is 19.2 Å². The fourth-order valence-electron chi connectivity index (χ4n) is 1.80. The number of nitro groups is 1. The van der Waals surface area contributed by atoms with Crippen LogP contribution in [0.25, 0.3) is 0 Å². The Morgan fingerprint density at radius 2 is 2.09 bits per heavy atom. The first-order chi connectivity index (χ1) is 11.0. The number of halogens is 1. The fraction of sp³-hybridized carbons (Fsp3) is 0.500. The second-order valence-corrected chi connectivity index (χ2v) is 5.87. The summed E-state index contributed by atoms with van der Waals surface area (Å²) < 4.78 is 10.4. The van der Waals surface area contributed by atoms with E-state index in [2.05, 4.69) is 38.6 Å². The van der Waals surface area contributed by atoms with Crippen molar-refractivity contribution in [3.05, 3.63) is 32.3 Å². The molecule has 1 rings (SSSR count). The van der Waals surface area contributed by atoms with E-state index in [1.54, 1.807) is 0 Å². The van der Waals surface area contributed by atoms with Gasteiger partial charge in [0.1, 0.15) is 5.69 Å². The Bertz CT molecular complexity index is 556. The minimum Gasteiger partial charge on any atom is -0.465 e. The molecule has 7 nitrogen and oxygen atoms in total. The zero-order valence-electron chi connectivity index (χ0n) is 12.7. The van der Waals surface area contributed by atoms with Gasteiger partial charge in [0.25, 0.3) is 5.69 Å². The van der Waals surface area contributed by atoms with Crippen LogP contribution in [0.5, 0.6) is 0 Å². The normalized spacial score (nSPS) is 10.4. The van der Waals surface area contributed by atoms with Gasteiger partial charge < -0.3 is 14.8 Å². The van der Waals surface area contributed by atoms with Crippen LogP contribution in [-0.2, 0) is 9.47 Å². The highest BCUT2D eigenvalue weighted by Crippen LogP contribution is 2.34. The van der Waals surface area contributed by atoms with Gasteiger partial charge in [-0.25, -0.2) is 4.79 Å². The molecule has 128 valence electrons. The number of hydrogen-bond acceptors (Lipinski definition) is 7. The number of carbonyl (C=O) groups is 1. The number of anilines is 1. The van der Waals surface area contributed by atoms with Gasteiger partial charge in [0.05, 0.1) is 17.6 Å². The Labute approximate surface area is 148 Å². The SMILES string of the molecule is COC(=O)c1cc(Br)c(NCCCOCCCS)c([N+](=O)[O-])c1. The molecule has 0 atom stereocenters. The molecule has 1 aromatic carbocycles. The van der Waals surface area contributed by atoms with E-state index in [4.69, 9.17) is 4.74 Å². The molecule has 0 fully saturated rings. The summed E-state index contributed by atoms with van der Waals surface area (Å²) in [6.07, 6.45) is 1.59. The molecule has 9 heteroatoms. The zero-order valence-corrected chi connectivity index (χ0v) is 15.2. The molecule has 1 N–H and O–H groups in total. The maximum Gasteiger partial charge on any atom is 0.338 e. The van der Waals surface area contributed by atoms with Crippen LogP contribution in [-0.4, -0.2) is 43.5 Å². The summed E-state index contributed by atoms with van der Waals surface area (Å²) in [5.41, 5.74) is 0.264. The highest BCUT2D eigenvalue weighted by molar-refractivity contribution is 9.10. The van der Waals surface area contributed by atoms with Crippen LogP contribution >= 0.6 is 28.6 Å². The van der Waals surface area contributed by atoms with Gasteiger partial charge in [-0.05, 0) is 40.6 Å². The van der Waals surface area contributed by atoms with Crippen molar-refractivity contribution in [3.63, 3.8) is 0 Å². The number of methoxy groups -OCH3 is 1. The van der Waals surface area contributed by atoms with Gasteiger partial charge >= 0.3 is 5.97 Å². The van der Waals surface area contributed by atoms with E-state index in [9.17, 15) is 14.9 Å². The number of ether oxygens (including phenoxy) is 2. The Morgan fingerprint density at radius 3 is 2.70 bits per heavy atom. The summed E-state index contributed by atoms with van der Waals surface area (Å²) in [5.74, 6) is 0.155. The fourth-order valence-corrected chi connectivity index (χ4v) is 2.52. The van der Waals surface area contributed by atoms with Crippen LogP contribution in [0, 0.1) is 10.1 Å². The zero-order chi connectivity index (χ0) is 17.2. The van der Waals surface area contributed by atoms with Crippen molar-refractivity contribution in [2.75, 3.05) is 37.9 Å². The third-order valence-electron chi connectivity index (χ3n) is 2.90. The second-order valence-electron chi connectivity index (χ2n) is 4.57. The molecule has 0 unspecified atom stereocenters. The molecule has 0 bridgehead atoms. The Kier molecular flexibility index (Phi) is 8.97. The van der Waals surface area contributed by atoms with Crippen molar-refractivity contribution < 1.29 is 19.2 Å². The molecule has 0 aliphatic heterocycles. The Morgan fingerprint density at radius 1 is 1.39 bits per heavy atom. The molecule has 23 heavy (non-hydrogen) atoms. The summed E-state index contributed by atoms with van der Waals surface area (Å²) in [6, 6.07) is 2.69. The summed E-state index contributed by atoms with van der Waals surface area (Å²) >= 11 is 7.34. The van der Waals surface area contributed by atoms with Crippen molar-refractivity contribution in [1.82, 2.24) is 0 Å². The molecule has 1 aromatic rings. The average molecular weight is 407 g/mol. The Hall–Kier alpha value is -1.32. The highest BCUT2D eigenvalue weighted by atomic mass is 79.9. The number of esters is 1. The second kappa shape index (κ2) is 10.5. The van der Waals surface area contributed by atoms with Gasteiger partial charge in [-0.1, -0.05) is 0 Å². The molecule has 0 spiro atoms. The van der Waals surface area contributed by atoms with E-state index in [1.807, 2.05) is 0 Å². The van der Waals surface area contributed by atoms with Gasteiger partial charge in [-0.2, -0.15) is 12.6 Å². The van der Waals surface area contributed by atoms with Gasteiger partial charge in [0.2, 0.25) is 0 Å². The summed E-state index contributed by atoms with van der Waals surface area (Å²) in [4.78, 5) is 22.2. The monoisotopic (exact) mass is 406 g/mol. The number of rotatable bonds is 10. The predicted molar refractivity (Wildman–Crippen MR) is 94.5 cm³/mol. The number of nitro benzene ring substituents is 1. The summed E-state index contributed by atoms with van der Waals surface area (Å²) in [6.45, 7) is 1.73. The standard InChI is InChI=1S/C14H19BrN2O5S/c1-21-14(18)10-8-11(15)13(12(9-10)17(19)20)16-4-2-5-22-6-3-7-23/h8-9,16,23H,2-7H2,1H3. The quantitative estimate of drug-likeness (QED) is 0.203. The van der Waals surface area contributed by atoms with Crippen LogP contribution in [0.3, 0.4) is 0 Å². The van der Waals surface area contributed by atoms with Crippen LogP contribution in [0.2, 0.25) is 0 Å². The lowest BCUT2D eigenvalue weighted by Crippen LogP contribution is -2.10. The maximum atomic E-state index is 11.5. The highest BCUT2D eigenvalue weighted by Gasteiger charge is 2.21. The number of thiol groups is 1. The minimum absolute atomic E-state index is 0.117. The first kappa shape index (κ1) is 19.7. The largest absolute Gasteiger partial charge is 0.465 e. The maximum absolute atomic E-state index is 11.5. The molecule has 0 saturated heterocycles. The van der Waals surface area contributed by atoms with Crippen LogP contribution in [0.4, 0.5) is 11.4 Å². The number of nitrogens with zero attached hydrogens (tertiary/aromatic N) is 1. The van der Waals surface area contributed by atoms with Crippen molar-refractivity contribution in [2.45, 2.75) is 12.8 Å². The van der Waals surface area contributed by atoms with Crippen molar-refractivity contribution in [3.8, 4) is 0 Å². The third-order valence-corrected chi connectivity index (χ3v) is 3.84. The van der Waals surface area contributed by atoms with E-state index in [0.29, 0.717) is 36.3 Å². The smallest absolute Gasteiger partial charge is 0.338 e. The molecular formula is C14H19BrN2O5S.